The van der Waals surface area contributed by atoms with E-state index in [0.29, 0.717) is 42.0 Å². The van der Waals surface area contributed by atoms with Crippen molar-refractivity contribution in [2.75, 3.05) is 32.8 Å². The number of halogens is 1. The van der Waals surface area contributed by atoms with E-state index in [1.165, 1.54) is 7.11 Å². The number of ether oxygens (including phenoxy) is 2. The predicted octanol–water partition coefficient (Wildman–Crippen LogP) is 4.68. The number of anilines is 1. The molecule has 1 aromatic carbocycles. The highest BCUT2D eigenvalue weighted by atomic mass is 19.1. The third kappa shape index (κ3) is 6.28. The number of benzene rings is 1. The Morgan fingerprint density at radius 2 is 1.78 bits per heavy atom. The van der Waals surface area contributed by atoms with Crippen LogP contribution in [0.25, 0.3) is 11.0 Å². The van der Waals surface area contributed by atoms with Gasteiger partial charge in [0, 0.05) is 36.7 Å². The fraction of sp³-hybridized carbons (Fsp3) is 0.645. The van der Waals surface area contributed by atoms with Gasteiger partial charge in [0.2, 0.25) is 17.6 Å². The van der Waals surface area contributed by atoms with Crippen LogP contribution in [0.5, 0.6) is 0 Å². The number of likely N-dealkylation sites (tertiary alicyclic amines) is 1. The van der Waals surface area contributed by atoms with Crippen LogP contribution < -0.4 is 11.1 Å². The molecule has 2 amide bonds. The molecule has 5 rings (SSSR count). The number of carbonyl (C=O) groups is 3. The van der Waals surface area contributed by atoms with E-state index in [1.54, 1.807) is 31.4 Å². The smallest absolute Gasteiger partial charge is 0.373 e. The zero-order valence-corrected chi connectivity index (χ0v) is 24.0. The average molecular weight is 572 g/mol. The Morgan fingerprint density at radius 1 is 1.05 bits per heavy atom. The number of alkyl halides is 1. The van der Waals surface area contributed by atoms with Crippen LogP contribution in [0.1, 0.15) is 68.3 Å². The van der Waals surface area contributed by atoms with Gasteiger partial charge in [0.25, 0.3) is 0 Å². The predicted molar refractivity (Wildman–Crippen MR) is 152 cm³/mol. The Kier molecular flexibility index (Phi) is 9.28. The van der Waals surface area contributed by atoms with Crippen molar-refractivity contribution < 1.29 is 32.7 Å². The molecule has 2 aromatic rings. The second-order valence-electron chi connectivity index (χ2n) is 12.0. The van der Waals surface area contributed by atoms with E-state index in [4.69, 9.17) is 19.6 Å². The van der Waals surface area contributed by atoms with Gasteiger partial charge in [-0.1, -0.05) is 0 Å². The zero-order chi connectivity index (χ0) is 29.1. The fourth-order valence-electron chi connectivity index (χ4n) is 7.34. The quantitative estimate of drug-likeness (QED) is 0.441. The lowest BCUT2D eigenvalue weighted by Crippen LogP contribution is -2.50. The maximum Gasteiger partial charge on any atom is 0.373 e. The summed E-state index contributed by atoms with van der Waals surface area (Å²) in [6.07, 6.45) is 7.70. The summed E-state index contributed by atoms with van der Waals surface area (Å²) in [7, 11) is 3.04. The van der Waals surface area contributed by atoms with Crippen LogP contribution in [0, 0.1) is 23.7 Å². The lowest BCUT2D eigenvalue weighted by atomic mass is 9.75. The SMILES string of the molecule is COC(=O)c1cc2cc(NC(=O)[C@@H]3[C@H](C4CCC(OC)CC4)CCN3C(=O)C3CCC([C@H](N)CF)CC3)ccc2o1. The first kappa shape index (κ1) is 29.5. The minimum Gasteiger partial charge on any atom is -0.463 e. The number of methoxy groups -OCH3 is 2. The summed E-state index contributed by atoms with van der Waals surface area (Å²) < 4.78 is 29.0. The molecule has 1 aromatic heterocycles. The molecule has 10 heteroatoms. The van der Waals surface area contributed by atoms with Crippen LogP contribution in [0.15, 0.2) is 28.7 Å². The van der Waals surface area contributed by atoms with Gasteiger partial charge in [-0.05, 0) is 99.8 Å². The molecule has 0 radical (unpaired) electrons. The third-order valence-electron chi connectivity index (χ3n) is 9.73. The molecule has 0 bridgehead atoms. The number of nitrogens with one attached hydrogen (secondary N) is 1. The van der Waals surface area contributed by atoms with Crippen LogP contribution in [0.2, 0.25) is 0 Å². The summed E-state index contributed by atoms with van der Waals surface area (Å²) in [6, 6.07) is 5.75. The van der Waals surface area contributed by atoms with Gasteiger partial charge in [0.05, 0.1) is 13.2 Å². The minimum absolute atomic E-state index is 0.0264. The molecular formula is C31H42FN3O6. The first-order chi connectivity index (χ1) is 19.8. The van der Waals surface area contributed by atoms with Gasteiger partial charge in [0.15, 0.2) is 0 Å². The van der Waals surface area contributed by atoms with Gasteiger partial charge in [-0.25, -0.2) is 9.18 Å². The number of rotatable bonds is 8. The van der Waals surface area contributed by atoms with Crippen LogP contribution in [-0.2, 0) is 19.1 Å². The van der Waals surface area contributed by atoms with Crippen molar-refractivity contribution in [1.29, 1.82) is 0 Å². The average Bonchev–Trinajstić information content (AvgIpc) is 3.65. The lowest BCUT2D eigenvalue weighted by molar-refractivity contribution is -0.142. The summed E-state index contributed by atoms with van der Waals surface area (Å²) in [5, 5.41) is 3.73. The largest absolute Gasteiger partial charge is 0.463 e. The number of hydrogen-bond acceptors (Lipinski definition) is 7. The zero-order valence-electron chi connectivity index (χ0n) is 24.0. The molecule has 224 valence electrons. The molecule has 2 heterocycles. The maximum atomic E-state index is 14.0. The maximum absolute atomic E-state index is 14.0. The Balaban J connectivity index is 1.34. The highest BCUT2D eigenvalue weighted by Crippen LogP contribution is 2.42. The molecule has 1 saturated heterocycles. The van der Waals surface area contributed by atoms with Crippen molar-refractivity contribution in [2.45, 2.75) is 76.0 Å². The van der Waals surface area contributed by atoms with Gasteiger partial charge in [-0.2, -0.15) is 0 Å². The van der Waals surface area contributed by atoms with Crippen LogP contribution >= 0.6 is 0 Å². The highest BCUT2D eigenvalue weighted by molar-refractivity contribution is 6.00. The van der Waals surface area contributed by atoms with Crippen LogP contribution in [0.4, 0.5) is 10.1 Å². The number of nitrogens with two attached hydrogens (primary N) is 1. The van der Waals surface area contributed by atoms with Gasteiger partial charge in [0.1, 0.15) is 18.3 Å². The molecule has 0 spiro atoms. The van der Waals surface area contributed by atoms with Crippen molar-refractivity contribution in [3.05, 3.63) is 30.0 Å². The van der Waals surface area contributed by atoms with Crippen molar-refractivity contribution in [3.8, 4) is 0 Å². The number of furan rings is 1. The Hall–Kier alpha value is -2.98. The molecule has 1 aliphatic heterocycles. The molecule has 2 saturated carbocycles. The van der Waals surface area contributed by atoms with E-state index in [2.05, 4.69) is 5.32 Å². The minimum atomic E-state index is -0.571. The van der Waals surface area contributed by atoms with Crippen LogP contribution in [0.3, 0.4) is 0 Å². The lowest BCUT2D eigenvalue weighted by Gasteiger charge is -2.37. The normalized spacial score (nSPS) is 29.3. The molecule has 3 atom stereocenters. The van der Waals surface area contributed by atoms with Gasteiger partial charge < -0.3 is 29.8 Å². The molecule has 3 N–H and O–H groups in total. The van der Waals surface area contributed by atoms with E-state index in [-0.39, 0.29) is 41.4 Å². The van der Waals surface area contributed by atoms with E-state index in [0.717, 1.165) is 44.9 Å². The Morgan fingerprint density at radius 3 is 2.44 bits per heavy atom. The standard InChI is InChI=1S/C31H42FN3O6/c1-39-23-10-7-18(8-11-23)24-13-14-35(30(37)20-5-3-19(4-6-20)25(33)17-32)28(24)29(36)34-22-9-12-26-21(15-22)16-27(41-26)31(38)40-2/h9,12,15-16,18-20,23-25,28H,3-8,10-11,13-14,17,33H2,1-2H3,(H,34,36)/t18?,19?,20?,23?,24-,25+,28-/m0/s1. The molecule has 41 heavy (non-hydrogen) atoms. The monoisotopic (exact) mass is 571 g/mol. The van der Waals surface area contributed by atoms with Gasteiger partial charge in [-0.15, -0.1) is 0 Å². The van der Waals surface area contributed by atoms with E-state index >= 15 is 0 Å². The Bertz CT molecular complexity index is 1230. The number of hydrogen-bond donors (Lipinski definition) is 2. The van der Waals surface area contributed by atoms with E-state index < -0.39 is 24.7 Å². The number of nitrogens with zero attached hydrogens (tertiary/aromatic N) is 1. The summed E-state index contributed by atoms with van der Waals surface area (Å²) in [5.41, 5.74) is 7.03. The number of amides is 2. The van der Waals surface area contributed by atoms with E-state index in [1.807, 2.05) is 4.90 Å². The number of carbonyl (C=O) groups excluding carboxylic acids is 3. The number of esters is 1. The van der Waals surface area contributed by atoms with E-state index in [9.17, 15) is 18.8 Å². The summed E-state index contributed by atoms with van der Waals surface area (Å²) >= 11 is 0. The molecule has 9 nitrogen and oxygen atoms in total. The molecule has 3 aliphatic rings. The second kappa shape index (κ2) is 12.9. The fourth-order valence-corrected chi connectivity index (χ4v) is 7.34. The third-order valence-corrected chi connectivity index (χ3v) is 9.73. The molecular weight excluding hydrogens is 529 g/mol. The first-order valence-corrected chi connectivity index (χ1v) is 14.9. The number of fused-ring (bicyclic) bond motifs is 1. The second-order valence-corrected chi connectivity index (χ2v) is 12.0. The molecule has 0 unspecified atom stereocenters. The van der Waals surface area contributed by atoms with Crippen LogP contribution in [-0.4, -0.2) is 68.3 Å². The van der Waals surface area contributed by atoms with Gasteiger partial charge >= 0.3 is 5.97 Å². The topological polar surface area (TPSA) is 124 Å². The first-order valence-electron chi connectivity index (χ1n) is 14.9. The molecule has 3 fully saturated rings. The van der Waals surface area contributed by atoms with Gasteiger partial charge in [-0.3, -0.25) is 9.59 Å². The Labute approximate surface area is 240 Å². The van der Waals surface area contributed by atoms with Crippen molar-refractivity contribution in [1.82, 2.24) is 4.90 Å². The summed E-state index contributed by atoms with van der Waals surface area (Å²) in [4.78, 5) is 41.6. The van der Waals surface area contributed by atoms with Crippen molar-refractivity contribution in [2.24, 2.45) is 29.4 Å². The highest BCUT2D eigenvalue weighted by Gasteiger charge is 2.47. The molecule has 2 aliphatic carbocycles. The van der Waals surface area contributed by atoms with Crippen molar-refractivity contribution in [3.63, 3.8) is 0 Å². The van der Waals surface area contributed by atoms with Crippen molar-refractivity contribution >= 4 is 34.4 Å². The summed E-state index contributed by atoms with van der Waals surface area (Å²) in [5.74, 6) is -0.314. The summed E-state index contributed by atoms with van der Waals surface area (Å²) in [6.45, 7) is 0.0121.